The van der Waals surface area contributed by atoms with Gasteiger partial charge in [0.05, 0.1) is 17.9 Å². The van der Waals surface area contributed by atoms with Crippen LogP contribution in [0.5, 0.6) is 0 Å². The number of halogens is 2. The number of benzene rings is 1. The Balaban J connectivity index is 1.35. The predicted octanol–water partition coefficient (Wildman–Crippen LogP) is 3.07. The van der Waals surface area contributed by atoms with Crippen LogP contribution >= 0.6 is 11.3 Å². The summed E-state index contributed by atoms with van der Waals surface area (Å²) in [6.45, 7) is 1.15. The van der Waals surface area contributed by atoms with Crippen LogP contribution in [0, 0.1) is 11.6 Å². The molecule has 10 heteroatoms. The molecule has 3 heterocycles. The van der Waals surface area contributed by atoms with Crippen LogP contribution in [0.3, 0.4) is 0 Å². The van der Waals surface area contributed by atoms with Crippen LogP contribution in [0.1, 0.15) is 21.1 Å². The van der Waals surface area contributed by atoms with Crippen molar-refractivity contribution in [3.05, 3.63) is 70.5 Å². The molecule has 0 aliphatic carbocycles. The lowest BCUT2D eigenvalue weighted by Crippen LogP contribution is -2.36. The Morgan fingerprint density at radius 1 is 1.17 bits per heavy atom. The van der Waals surface area contributed by atoms with Crippen molar-refractivity contribution in [3.63, 3.8) is 0 Å². The van der Waals surface area contributed by atoms with Gasteiger partial charge in [-0.25, -0.2) is 13.8 Å². The van der Waals surface area contributed by atoms with E-state index in [2.05, 4.69) is 20.6 Å². The van der Waals surface area contributed by atoms with E-state index < -0.39 is 17.5 Å². The first kappa shape index (κ1) is 20.0. The van der Waals surface area contributed by atoms with E-state index in [1.165, 1.54) is 17.4 Å². The average Bonchev–Trinajstić information content (AvgIpc) is 3.12. The zero-order chi connectivity index (χ0) is 21.1. The Bertz CT molecular complexity index is 1090. The maximum Gasteiger partial charge on any atom is 0.276 e. The van der Waals surface area contributed by atoms with Crippen LogP contribution in [0.25, 0.3) is 0 Å². The molecule has 0 saturated carbocycles. The number of rotatable bonds is 5. The number of thiazole rings is 1. The van der Waals surface area contributed by atoms with Crippen molar-refractivity contribution in [1.29, 1.82) is 0 Å². The number of nitrogens with zero attached hydrogens (tertiary/aromatic N) is 3. The van der Waals surface area contributed by atoms with Gasteiger partial charge in [-0.1, -0.05) is 6.07 Å². The van der Waals surface area contributed by atoms with E-state index in [0.717, 1.165) is 22.7 Å². The van der Waals surface area contributed by atoms with Gasteiger partial charge in [-0.3, -0.25) is 24.8 Å². The van der Waals surface area contributed by atoms with Gasteiger partial charge in [-0.05, 0) is 24.3 Å². The fourth-order valence-electron chi connectivity index (χ4n) is 3.08. The molecule has 0 unspecified atom stereocenters. The van der Waals surface area contributed by atoms with Crippen molar-refractivity contribution in [2.24, 2.45) is 0 Å². The molecule has 4 rings (SSSR count). The summed E-state index contributed by atoms with van der Waals surface area (Å²) in [4.78, 5) is 35.8. The van der Waals surface area contributed by atoms with Gasteiger partial charge in [0.15, 0.2) is 5.13 Å². The molecule has 30 heavy (non-hydrogen) atoms. The fourth-order valence-corrected chi connectivity index (χ4v) is 4.12. The molecule has 0 spiro atoms. The molecule has 0 fully saturated rings. The fraction of sp³-hybridized carbons (Fsp3) is 0.200. The first-order chi connectivity index (χ1) is 14.5. The lowest BCUT2D eigenvalue weighted by atomic mass is 10.2. The number of hydrogen-bond acceptors (Lipinski definition) is 6. The second-order valence-corrected chi connectivity index (χ2v) is 7.77. The maximum atomic E-state index is 13.7. The number of aromatic nitrogens is 2. The van der Waals surface area contributed by atoms with Gasteiger partial charge in [0, 0.05) is 36.7 Å². The third kappa shape index (κ3) is 4.66. The van der Waals surface area contributed by atoms with Crippen LogP contribution in [-0.2, 0) is 17.8 Å². The number of amides is 2. The third-order valence-corrected chi connectivity index (χ3v) is 5.50. The van der Waals surface area contributed by atoms with Gasteiger partial charge < -0.3 is 5.32 Å². The number of nitrogens with one attached hydrogen (secondary N) is 2. The van der Waals surface area contributed by atoms with Gasteiger partial charge in [0.25, 0.3) is 5.91 Å². The SMILES string of the molecule is O=C(CN1CCc2nc(NC(=O)c3ccccn3)sc2C1)Nc1ccc(F)cc1F. The molecule has 1 aromatic carbocycles. The number of carbonyl (C=O) groups excluding carboxylic acids is 2. The highest BCUT2D eigenvalue weighted by Gasteiger charge is 2.23. The minimum atomic E-state index is -0.819. The second-order valence-electron chi connectivity index (χ2n) is 6.69. The number of carbonyl (C=O) groups is 2. The first-order valence-electron chi connectivity index (χ1n) is 9.16. The normalized spacial score (nSPS) is 13.5. The number of anilines is 2. The van der Waals surface area contributed by atoms with Crippen molar-refractivity contribution >= 4 is 34.0 Å². The third-order valence-electron chi connectivity index (χ3n) is 4.50. The van der Waals surface area contributed by atoms with Crippen molar-refractivity contribution in [2.45, 2.75) is 13.0 Å². The van der Waals surface area contributed by atoms with Crippen molar-refractivity contribution < 1.29 is 18.4 Å². The molecule has 0 radical (unpaired) electrons. The molecule has 2 aromatic heterocycles. The molecule has 1 aliphatic rings. The molecule has 0 atom stereocenters. The monoisotopic (exact) mass is 429 g/mol. The molecule has 2 N–H and O–H groups in total. The smallest absolute Gasteiger partial charge is 0.276 e. The minimum absolute atomic E-state index is 0.0589. The lowest BCUT2D eigenvalue weighted by Gasteiger charge is -2.25. The van der Waals surface area contributed by atoms with E-state index in [0.29, 0.717) is 30.3 Å². The molecule has 0 bridgehead atoms. The van der Waals surface area contributed by atoms with Crippen molar-refractivity contribution in [3.8, 4) is 0 Å². The summed E-state index contributed by atoms with van der Waals surface area (Å²) in [5.74, 6) is -2.25. The second kappa shape index (κ2) is 8.64. The van der Waals surface area contributed by atoms with E-state index in [4.69, 9.17) is 0 Å². The Kier molecular flexibility index (Phi) is 5.77. The highest BCUT2D eigenvalue weighted by atomic mass is 32.1. The van der Waals surface area contributed by atoms with E-state index in [9.17, 15) is 18.4 Å². The summed E-state index contributed by atoms with van der Waals surface area (Å²) in [7, 11) is 0. The van der Waals surface area contributed by atoms with E-state index in [-0.39, 0.29) is 18.1 Å². The highest BCUT2D eigenvalue weighted by molar-refractivity contribution is 7.15. The maximum absolute atomic E-state index is 13.7. The van der Waals surface area contributed by atoms with Crippen LogP contribution in [-0.4, -0.2) is 39.8 Å². The standard InChI is InChI=1S/C20H17F2N5O2S/c21-12-4-5-14(13(22)9-12)24-18(28)11-27-8-6-15-17(10-27)30-20(25-15)26-19(29)16-3-1-2-7-23-16/h1-5,7,9H,6,8,10-11H2,(H,24,28)(H,25,26,29). The number of hydrogen-bond donors (Lipinski definition) is 2. The van der Waals surface area contributed by atoms with E-state index >= 15 is 0 Å². The Morgan fingerprint density at radius 2 is 2.03 bits per heavy atom. The largest absolute Gasteiger partial charge is 0.322 e. The Labute approximate surface area is 174 Å². The molecule has 3 aromatic rings. The van der Waals surface area contributed by atoms with Gasteiger partial charge in [0.1, 0.15) is 17.3 Å². The highest BCUT2D eigenvalue weighted by Crippen LogP contribution is 2.28. The lowest BCUT2D eigenvalue weighted by molar-refractivity contribution is -0.117. The summed E-state index contributed by atoms with van der Waals surface area (Å²) in [5, 5.41) is 5.69. The zero-order valence-corrected chi connectivity index (χ0v) is 16.5. The van der Waals surface area contributed by atoms with E-state index in [1.54, 1.807) is 24.4 Å². The van der Waals surface area contributed by atoms with Crippen LogP contribution in [0.15, 0.2) is 42.6 Å². The Hall–Kier alpha value is -3.24. The van der Waals surface area contributed by atoms with E-state index in [1.807, 2.05) is 4.90 Å². The van der Waals surface area contributed by atoms with Crippen LogP contribution < -0.4 is 10.6 Å². The molecule has 1 aliphatic heterocycles. The molecule has 7 nitrogen and oxygen atoms in total. The van der Waals surface area contributed by atoms with Gasteiger partial charge >= 0.3 is 0 Å². The minimum Gasteiger partial charge on any atom is -0.322 e. The van der Waals surface area contributed by atoms with Crippen LogP contribution in [0.4, 0.5) is 19.6 Å². The predicted molar refractivity (Wildman–Crippen MR) is 108 cm³/mol. The summed E-state index contributed by atoms with van der Waals surface area (Å²) >= 11 is 1.35. The van der Waals surface area contributed by atoms with Crippen LogP contribution in [0.2, 0.25) is 0 Å². The van der Waals surface area contributed by atoms with Gasteiger partial charge in [-0.2, -0.15) is 0 Å². The number of fused-ring (bicyclic) bond motifs is 1. The summed E-state index contributed by atoms with van der Waals surface area (Å²) in [5.41, 5.74) is 1.13. The topological polar surface area (TPSA) is 87.2 Å². The molecular formula is C20H17F2N5O2S. The average molecular weight is 429 g/mol. The zero-order valence-electron chi connectivity index (χ0n) is 15.7. The number of pyridine rings is 1. The quantitative estimate of drug-likeness (QED) is 0.651. The molecular weight excluding hydrogens is 412 g/mol. The van der Waals surface area contributed by atoms with Crippen molar-refractivity contribution in [1.82, 2.24) is 14.9 Å². The summed E-state index contributed by atoms with van der Waals surface area (Å²) < 4.78 is 26.7. The molecule has 0 saturated heterocycles. The summed E-state index contributed by atoms with van der Waals surface area (Å²) in [6, 6.07) is 8.08. The molecule has 2 amide bonds. The molecule has 154 valence electrons. The van der Waals surface area contributed by atoms with Gasteiger partial charge in [0.2, 0.25) is 5.91 Å². The van der Waals surface area contributed by atoms with Crippen molar-refractivity contribution in [2.75, 3.05) is 23.7 Å². The summed E-state index contributed by atoms with van der Waals surface area (Å²) in [6.07, 6.45) is 2.17. The Morgan fingerprint density at radius 3 is 2.80 bits per heavy atom. The van der Waals surface area contributed by atoms with Gasteiger partial charge in [-0.15, -0.1) is 11.3 Å². The first-order valence-corrected chi connectivity index (χ1v) is 9.98.